The summed E-state index contributed by atoms with van der Waals surface area (Å²) in [6, 6.07) is 5.12. The summed E-state index contributed by atoms with van der Waals surface area (Å²) >= 11 is 1.94. The van der Waals surface area contributed by atoms with Crippen molar-refractivity contribution in [3.63, 3.8) is 0 Å². The Labute approximate surface area is 83.5 Å². The van der Waals surface area contributed by atoms with E-state index in [1.165, 1.54) is 11.3 Å². The van der Waals surface area contributed by atoms with Gasteiger partial charge in [0.1, 0.15) is 4.88 Å². The molecule has 0 aliphatic heterocycles. The summed E-state index contributed by atoms with van der Waals surface area (Å²) in [5.41, 5.74) is 5.20. The Bertz CT molecular complexity index is 318. The number of carbonyl (C=O) groups is 1. The lowest BCUT2D eigenvalue weighted by Crippen LogP contribution is -2.14. The monoisotopic (exact) mass is 214 g/mol. The second kappa shape index (κ2) is 4.87. The van der Waals surface area contributed by atoms with Gasteiger partial charge in [0.05, 0.1) is 18.1 Å². The van der Waals surface area contributed by atoms with Crippen molar-refractivity contribution in [1.82, 2.24) is 0 Å². The van der Waals surface area contributed by atoms with Crippen LogP contribution in [0.1, 0.15) is 9.67 Å². The van der Waals surface area contributed by atoms with E-state index in [0.717, 1.165) is 0 Å². The third-order valence-corrected chi connectivity index (χ3v) is 2.49. The zero-order chi connectivity index (χ0) is 9.68. The molecule has 0 saturated carbocycles. The summed E-state index contributed by atoms with van der Waals surface area (Å²) in [7, 11) is 0. The highest BCUT2D eigenvalue weighted by Crippen LogP contribution is 2.15. The van der Waals surface area contributed by atoms with Gasteiger partial charge in [0.15, 0.2) is 5.37 Å². The maximum Gasteiger partial charge on any atom is 0.360 e. The van der Waals surface area contributed by atoms with Crippen LogP contribution in [0.25, 0.3) is 0 Å². The van der Waals surface area contributed by atoms with Crippen LogP contribution in [0.4, 0.5) is 0 Å². The van der Waals surface area contributed by atoms with E-state index in [2.05, 4.69) is 4.18 Å². The molecule has 0 radical (unpaired) electrons. The number of nitrogens with two attached hydrogens (primary N) is 1. The maximum atomic E-state index is 11.1. The van der Waals surface area contributed by atoms with E-state index in [1.54, 1.807) is 23.6 Å². The Balaban J connectivity index is 2.40. The molecule has 0 spiro atoms. The van der Waals surface area contributed by atoms with Crippen LogP contribution in [0, 0.1) is 11.3 Å². The fraction of sp³-hybridized carbons (Fsp3) is 0.143. The number of thiophene rings is 1. The molecule has 1 rings (SSSR count). The van der Waals surface area contributed by atoms with E-state index in [-0.39, 0.29) is 0 Å². The Morgan fingerprint density at radius 1 is 1.85 bits per heavy atom. The van der Waals surface area contributed by atoms with E-state index in [0.29, 0.717) is 16.9 Å². The minimum atomic E-state index is -0.830. The van der Waals surface area contributed by atoms with Gasteiger partial charge < -0.3 is 9.92 Å². The molecule has 4 nitrogen and oxygen atoms in total. The van der Waals surface area contributed by atoms with Crippen LogP contribution in [-0.2, 0) is 4.18 Å². The number of nitriles is 1. The lowest BCUT2D eigenvalue weighted by Gasteiger charge is -2.00. The summed E-state index contributed by atoms with van der Waals surface area (Å²) in [5, 5.41) is 9.23. The molecule has 0 amide bonds. The van der Waals surface area contributed by atoms with Gasteiger partial charge in [0, 0.05) is 0 Å². The normalized spacial score (nSPS) is 11.7. The van der Waals surface area contributed by atoms with E-state index in [9.17, 15) is 4.79 Å². The predicted octanol–water partition coefficient (Wildman–Crippen LogP) is 1.36. The molecule has 1 aromatic rings. The topological polar surface area (TPSA) is 76.1 Å². The molecule has 0 aliphatic rings. The molecule has 0 aromatic carbocycles. The van der Waals surface area contributed by atoms with Crippen LogP contribution in [0.2, 0.25) is 0 Å². The van der Waals surface area contributed by atoms with Crippen LogP contribution in [0.5, 0.6) is 0 Å². The fourth-order valence-electron chi connectivity index (χ4n) is 0.553. The first kappa shape index (κ1) is 10.1. The van der Waals surface area contributed by atoms with E-state index in [4.69, 9.17) is 11.0 Å². The molecule has 1 aromatic heterocycles. The summed E-state index contributed by atoms with van der Waals surface area (Å²) in [6.45, 7) is 0. The molecule has 1 unspecified atom stereocenters. The Hall–Kier alpha value is -1.03. The van der Waals surface area contributed by atoms with E-state index in [1.807, 2.05) is 0 Å². The first-order valence-corrected chi connectivity index (χ1v) is 4.99. The molecular weight excluding hydrogens is 208 g/mol. The highest BCUT2D eigenvalue weighted by atomic mass is 32.2. The molecule has 0 aliphatic carbocycles. The average Bonchev–Trinajstić information content (AvgIpc) is 2.66. The predicted molar refractivity (Wildman–Crippen MR) is 50.9 cm³/mol. The Morgan fingerprint density at radius 3 is 3.15 bits per heavy atom. The van der Waals surface area contributed by atoms with Crippen molar-refractivity contribution in [2.45, 2.75) is 5.37 Å². The van der Waals surface area contributed by atoms with Crippen molar-refractivity contribution in [2.24, 2.45) is 5.73 Å². The van der Waals surface area contributed by atoms with Crippen molar-refractivity contribution < 1.29 is 8.98 Å². The summed E-state index contributed by atoms with van der Waals surface area (Å²) in [5.74, 6) is -0.467. The van der Waals surface area contributed by atoms with Gasteiger partial charge in [0.2, 0.25) is 0 Å². The van der Waals surface area contributed by atoms with Gasteiger partial charge in [-0.15, -0.1) is 11.3 Å². The number of hydrogen-bond donors (Lipinski definition) is 1. The number of nitrogens with zero attached hydrogens (tertiary/aromatic N) is 1. The average molecular weight is 214 g/mol. The second-order valence-corrected chi connectivity index (χ2v) is 3.81. The van der Waals surface area contributed by atoms with E-state index >= 15 is 0 Å². The first-order chi connectivity index (χ1) is 6.24. The van der Waals surface area contributed by atoms with Gasteiger partial charge in [-0.05, 0) is 11.4 Å². The minimum Gasteiger partial charge on any atom is -0.384 e. The van der Waals surface area contributed by atoms with Crippen LogP contribution < -0.4 is 5.73 Å². The Morgan fingerprint density at radius 2 is 2.62 bits per heavy atom. The lowest BCUT2D eigenvalue weighted by molar-refractivity contribution is 0.0772. The smallest absolute Gasteiger partial charge is 0.360 e. The highest BCUT2D eigenvalue weighted by Gasteiger charge is 2.11. The Kier molecular flexibility index (Phi) is 3.76. The van der Waals surface area contributed by atoms with Crippen LogP contribution >= 0.6 is 23.4 Å². The zero-order valence-electron chi connectivity index (χ0n) is 6.47. The third kappa shape index (κ3) is 3.06. The standard InChI is InChI=1S/C7H6N2O2S2/c8-4-6(9)13-11-7(10)5-2-1-3-12-5/h1-3,6H,9H2. The van der Waals surface area contributed by atoms with Gasteiger partial charge >= 0.3 is 5.97 Å². The van der Waals surface area contributed by atoms with E-state index < -0.39 is 11.3 Å². The molecular formula is C7H6N2O2S2. The number of carbonyl (C=O) groups excluding carboxylic acids is 1. The second-order valence-electron chi connectivity index (χ2n) is 1.99. The molecule has 1 atom stereocenters. The zero-order valence-corrected chi connectivity index (χ0v) is 8.10. The molecule has 1 heterocycles. The van der Waals surface area contributed by atoms with Crippen LogP contribution in [0.15, 0.2) is 17.5 Å². The minimum absolute atomic E-state index is 0.467. The van der Waals surface area contributed by atoms with Crippen LogP contribution in [-0.4, -0.2) is 11.3 Å². The van der Waals surface area contributed by atoms with Crippen molar-refractivity contribution in [1.29, 1.82) is 5.26 Å². The maximum absolute atomic E-state index is 11.1. The molecule has 0 bridgehead atoms. The molecule has 68 valence electrons. The fourth-order valence-corrected chi connectivity index (χ4v) is 1.53. The van der Waals surface area contributed by atoms with Gasteiger partial charge in [-0.2, -0.15) is 5.26 Å². The van der Waals surface area contributed by atoms with Gasteiger partial charge in [0.25, 0.3) is 0 Å². The summed E-state index contributed by atoms with van der Waals surface area (Å²) < 4.78 is 4.68. The summed E-state index contributed by atoms with van der Waals surface area (Å²) in [4.78, 5) is 11.6. The quantitative estimate of drug-likeness (QED) is 0.607. The molecule has 2 N–H and O–H groups in total. The van der Waals surface area contributed by atoms with Gasteiger partial charge in [-0.25, -0.2) is 4.79 Å². The first-order valence-electron chi connectivity index (χ1n) is 3.30. The third-order valence-electron chi connectivity index (χ3n) is 1.08. The van der Waals surface area contributed by atoms with Gasteiger partial charge in [-0.3, -0.25) is 0 Å². The summed E-state index contributed by atoms with van der Waals surface area (Å²) in [6.07, 6.45) is 0. The SMILES string of the molecule is N#CC(N)SOC(=O)c1cccs1. The van der Waals surface area contributed by atoms with Crippen LogP contribution in [0.3, 0.4) is 0 Å². The lowest BCUT2D eigenvalue weighted by atomic mass is 10.5. The van der Waals surface area contributed by atoms with Crippen molar-refractivity contribution >= 4 is 29.3 Å². The van der Waals surface area contributed by atoms with Gasteiger partial charge in [-0.1, -0.05) is 6.07 Å². The molecule has 0 saturated heterocycles. The molecule has 6 heteroatoms. The largest absolute Gasteiger partial charge is 0.384 e. The van der Waals surface area contributed by atoms with Crippen molar-refractivity contribution in [3.8, 4) is 6.07 Å². The van der Waals surface area contributed by atoms with Crippen molar-refractivity contribution in [3.05, 3.63) is 22.4 Å². The highest BCUT2D eigenvalue weighted by molar-refractivity contribution is 7.95. The number of hydrogen-bond acceptors (Lipinski definition) is 6. The molecule has 0 fully saturated rings. The molecule has 13 heavy (non-hydrogen) atoms. The van der Waals surface area contributed by atoms with Crippen molar-refractivity contribution in [2.75, 3.05) is 0 Å². The number of rotatable bonds is 3.